The van der Waals surface area contributed by atoms with Crippen LogP contribution < -0.4 is 0 Å². The average molecular weight is 1510 g/mol. The molecule has 3 unspecified atom stereocenters. The van der Waals surface area contributed by atoms with Crippen LogP contribution in [0.2, 0.25) is 0 Å². The predicted octanol–water partition coefficient (Wildman–Crippen LogP) is 25.5. The molecule has 0 bridgehead atoms. The van der Waals surface area contributed by atoms with Crippen LogP contribution in [0.5, 0.6) is 0 Å². The minimum absolute atomic E-state index is 0.108. The number of rotatable bonds is 83. The molecule has 0 aromatic rings. The molecule has 0 fully saturated rings. The third kappa shape index (κ3) is 76.6. The zero-order valence-corrected chi connectivity index (χ0v) is 69.4. The molecule has 17 nitrogen and oxygen atoms in total. The molecule has 0 saturated heterocycles. The fraction of sp³-hybridized carbons (Fsp3) is 0.952. The van der Waals surface area contributed by atoms with Crippen molar-refractivity contribution >= 4 is 39.5 Å². The minimum atomic E-state index is -4.96. The molecule has 0 radical (unpaired) electrons. The maximum absolute atomic E-state index is 13.1. The number of phosphoric acid groups is 2. The van der Waals surface area contributed by atoms with Crippen LogP contribution in [0, 0.1) is 11.8 Å². The van der Waals surface area contributed by atoms with Gasteiger partial charge in [0.2, 0.25) is 0 Å². The normalized spacial score (nSPS) is 14.1. The van der Waals surface area contributed by atoms with Crippen molar-refractivity contribution in [3.8, 4) is 0 Å². The predicted molar refractivity (Wildman–Crippen MR) is 423 cm³/mol. The Kier molecular flexibility index (Phi) is 74.1. The lowest BCUT2D eigenvalue weighted by Gasteiger charge is -2.21. The van der Waals surface area contributed by atoms with Gasteiger partial charge in [0.05, 0.1) is 26.4 Å². The zero-order chi connectivity index (χ0) is 75.6. The smallest absolute Gasteiger partial charge is 0.462 e. The maximum atomic E-state index is 13.1. The van der Waals surface area contributed by atoms with Gasteiger partial charge in [0, 0.05) is 25.7 Å². The molecule has 0 aliphatic heterocycles. The molecule has 19 heteroatoms. The van der Waals surface area contributed by atoms with Crippen molar-refractivity contribution < 1.29 is 80.2 Å². The molecule has 0 spiro atoms. The summed E-state index contributed by atoms with van der Waals surface area (Å²) in [6.45, 7) is 9.75. The summed E-state index contributed by atoms with van der Waals surface area (Å²) in [4.78, 5) is 73.1. The molecule has 0 aromatic carbocycles. The summed E-state index contributed by atoms with van der Waals surface area (Å²) in [5.74, 6) is -0.432. The van der Waals surface area contributed by atoms with Crippen LogP contribution in [0.1, 0.15) is 446 Å². The molecular weight excluding hydrogens is 1340 g/mol. The average Bonchev–Trinajstić information content (AvgIpc) is 0.913. The highest BCUT2D eigenvalue weighted by Crippen LogP contribution is 2.45. The van der Waals surface area contributed by atoms with Gasteiger partial charge in [0.25, 0.3) is 0 Å². The molecule has 103 heavy (non-hydrogen) atoms. The number of aliphatic hydroxyl groups excluding tert-OH is 1. The van der Waals surface area contributed by atoms with E-state index in [0.717, 1.165) is 102 Å². The number of hydrogen-bond acceptors (Lipinski definition) is 15. The highest BCUT2D eigenvalue weighted by molar-refractivity contribution is 7.47. The lowest BCUT2D eigenvalue weighted by molar-refractivity contribution is -0.161. The van der Waals surface area contributed by atoms with Crippen molar-refractivity contribution in [2.24, 2.45) is 11.8 Å². The first kappa shape index (κ1) is 101. The van der Waals surface area contributed by atoms with Crippen molar-refractivity contribution in [2.45, 2.75) is 464 Å². The van der Waals surface area contributed by atoms with Crippen molar-refractivity contribution in [2.75, 3.05) is 39.6 Å². The fourth-order valence-electron chi connectivity index (χ4n) is 13.0. The Morgan fingerprint density at radius 1 is 0.282 bits per heavy atom. The zero-order valence-electron chi connectivity index (χ0n) is 67.6. The van der Waals surface area contributed by atoms with Crippen LogP contribution in [0.3, 0.4) is 0 Å². The van der Waals surface area contributed by atoms with E-state index in [1.165, 1.54) is 263 Å². The summed E-state index contributed by atoms with van der Waals surface area (Å²) in [7, 11) is -9.92. The number of esters is 4. The Bertz CT molecular complexity index is 1980. The monoisotopic (exact) mass is 1510 g/mol. The van der Waals surface area contributed by atoms with E-state index in [4.69, 9.17) is 37.0 Å². The van der Waals surface area contributed by atoms with Crippen molar-refractivity contribution in [1.29, 1.82) is 0 Å². The van der Waals surface area contributed by atoms with Gasteiger partial charge < -0.3 is 33.8 Å². The molecule has 0 aliphatic carbocycles. The molecular formula is C84H164O17P2. The first-order valence-corrected chi connectivity index (χ1v) is 46.5. The number of carbonyl (C=O) groups is 4. The third-order valence-corrected chi connectivity index (χ3v) is 22.0. The van der Waals surface area contributed by atoms with E-state index in [-0.39, 0.29) is 25.7 Å². The molecule has 0 saturated carbocycles. The van der Waals surface area contributed by atoms with Gasteiger partial charge in [0.1, 0.15) is 19.3 Å². The van der Waals surface area contributed by atoms with Crippen LogP contribution in [0.25, 0.3) is 0 Å². The van der Waals surface area contributed by atoms with Crippen LogP contribution in [-0.2, 0) is 65.4 Å². The molecule has 0 rings (SSSR count). The van der Waals surface area contributed by atoms with E-state index in [2.05, 4.69) is 41.5 Å². The topological polar surface area (TPSA) is 237 Å². The lowest BCUT2D eigenvalue weighted by atomic mass is 9.99. The number of aliphatic hydroxyl groups is 1. The lowest BCUT2D eigenvalue weighted by Crippen LogP contribution is -2.30. The number of hydrogen-bond donors (Lipinski definition) is 3. The molecule has 0 aromatic heterocycles. The Morgan fingerprint density at radius 2 is 0.495 bits per heavy atom. The number of carbonyl (C=O) groups excluding carboxylic acids is 4. The Morgan fingerprint density at radius 3 is 0.738 bits per heavy atom. The van der Waals surface area contributed by atoms with E-state index < -0.39 is 97.5 Å². The minimum Gasteiger partial charge on any atom is -0.462 e. The summed E-state index contributed by atoms with van der Waals surface area (Å²) in [6.07, 6.45) is 66.5. The van der Waals surface area contributed by atoms with Gasteiger partial charge in [-0.2, -0.15) is 0 Å². The molecule has 6 atom stereocenters. The largest absolute Gasteiger partial charge is 0.472 e. The molecule has 612 valence electrons. The number of ether oxygens (including phenoxy) is 4. The first-order valence-electron chi connectivity index (χ1n) is 43.5. The van der Waals surface area contributed by atoms with Crippen molar-refractivity contribution in [3.63, 3.8) is 0 Å². The van der Waals surface area contributed by atoms with Crippen LogP contribution in [0.15, 0.2) is 0 Å². The number of unbranched alkanes of at least 4 members (excludes halogenated alkanes) is 52. The van der Waals surface area contributed by atoms with Crippen LogP contribution in [-0.4, -0.2) is 96.7 Å². The second-order valence-electron chi connectivity index (χ2n) is 30.9. The van der Waals surface area contributed by atoms with E-state index in [1.54, 1.807) is 0 Å². The summed E-state index contributed by atoms with van der Waals surface area (Å²) in [6, 6.07) is 0. The third-order valence-electron chi connectivity index (χ3n) is 20.1. The van der Waals surface area contributed by atoms with Crippen molar-refractivity contribution in [3.05, 3.63) is 0 Å². The summed E-state index contributed by atoms with van der Waals surface area (Å²) in [5, 5.41) is 10.7. The Hall–Kier alpha value is -1.94. The van der Waals surface area contributed by atoms with Gasteiger partial charge in [-0.25, -0.2) is 9.13 Å². The molecule has 3 N–H and O–H groups in total. The quantitative estimate of drug-likeness (QED) is 0.0222. The Labute approximate surface area is 632 Å². The molecule has 0 heterocycles. The standard InChI is InChI=1S/C84H164O17P2/c1-7-10-12-14-16-18-20-36-42-48-54-60-66-81(86)94-72-79(100-83(88)68-62-56-50-44-37-21-19-17-15-13-11-8-2)74-98-102(90,91)96-70-78(85)71-97-103(92,93)99-75-80(73-95-82(87)67-61-55-49-43-38-32-29-28-30-34-40-46-52-58-64-76(4)5)101-84(89)69-63-57-51-45-39-33-27-25-23-22-24-26-31-35-41-47-53-59-65-77(6)9-3/h76-80,85H,7-75H2,1-6H3,(H,90,91)(H,92,93)/t77?,78-,79+,80+/m0/s1. The second kappa shape index (κ2) is 75.5. The van der Waals surface area contributed by atoms with E-state index in [1.807, 2.05) is 0 Å². The van der Waals surface area contributed by atoms with Gasteiger partial charge in [-0.3, -0.25) is 37.3 Å². The van der Waals surface area contributed by atoms with Gasteiger partial charge in [-0.1, -0.05) is 395 Å². The highest BCUT2D eigenvalue weighted by atomic mass is 31.2. The van der Waals surface area contributed by atoms with E-state index in [0.29, 0.717) is 25.7 Å². The fourth-order valence-corrected chi connectivity index (χ4v) is 14.6. The van der Waals surface area contributed by atoms with Gasteiger partial charge in [-0.05, 0) is 37.5 Å². The Balaban J connectivity index is 5.22. The highest BCUT2D eigenvalue weighted by Gasteiger charge is 2.30. The molecule has 0 amide bonds. The SMILES string of the molecule is CCCCCCCCCCCCCCC(=O)OC[C@H](COP(=O)(O)OC[C@H](O)COP(=O)(O)OC[C@@H](COC(=O)CCCCCCCCCCCCCCCCC(C)C)OC(=O)CCCCCCCCCCCCCCCCCCCCC(C)CC)OC(=O)CCCCCCCCCCCCCC. The summed E-state index contributed by atoms with van der Waals surface area (Å²) >= 11 is 0. The van der Waals surface area contributed by atoms with Gasteiger partial charge >= 0.3 is 39.5 Å². The summed E-state index contributed by atoms with van der Waals surface area (Å²) in [5.41, 5.74) is 0. The van der Waals surface area contributed by atoms with Crippen LogP contribution in [0.4, 0.5) is 0 Å². The van der Waals surface area contributed by atoms with E-state index >= 15 is 0 Å². The van der Waals surface area contributed by atoms with Crippen molar-refractivity contribution in [1.82, 2.24) is 0 Å². The van der Waals surface area contributed by atoms with Gasteiger partial charge in [-0.15, -0.1) is 0 Å². The second-order valence-corrected chi connectivity index (χ2v) is 33.8. The first-order chi connectivity index (χ1) is 49.9. The maximum Gasteiger partial charge on any atom is 0.472 e. The van der Waals surface area contributed by atoms with Crippen LogP contribution >= 0.6 is 15.6 Å². The van der Waals surface area contributed by atoms with E-state index in [9.17, 15) is 43.2 Å². The number of phosphoric ester groups is 2. The molecule has 0 aliphatic rings. The summed E-state index contributed by atoms with van der Waals surface area (Å²) < 4.78 is 68.8. The van der Waals surface area contributed by atoms with Gasteiger partial charge in [0.15, 0.2) is 12.2 Å².